The fourth-order valence-corrected chi connectivity index (χ4v) is 1.20. The van der Waals surface area contributed by atoms with Crippen LogP contribution in [0.1, 0.15) is 52.4 Å². The summed E-state index contributed by atoms with van der Waals surface area (Å²) in [4.78, 5) is 0. The van der Waals surface area contributed by atoms with Gasteiger partial charge in [-0.15, -0.1) is 11.8 Å². The Morgan fingerprint density at radius 3 is 2.58 bits per heavy atom. The Balaban J connectivity index is 3.11. The summed E-state index contributed by atoms with van der Waals surface area (Å²) in [5.41, 5.74) is 0. The molecule has 0 aliphatic heterocycles. The normalized spacial score (nSPS) is 11.9. The lowest BCUT2D eigenvalue weighted by atomic mass is 10.1. The molecule has 0 amide bonds. The van der Waals surface area contributed by atoms with Gasteiger partial charge in [0.15, 0.2) is 0 Å². The van der Waals surface area contributed by atoms with Crippen LogP contribution < -0.4 is 0 Å². The van der Waals surface area contributed by atoms with E-state index in [1.54, 1.807) is 0 Å². The fraction of sp³-hybridized carbons (Fsp3) is 0.818. The Morgan fingerprint density at radius 2 is 2.00 bits per heavy atom. The van der Waals surface area contributed by atoms with Crippen LogP contribution in [0.5, 0.6) is 0 Å². The lowest BCUT2D eigenvalue weighted by Gasteiger charge is -2.06. The molecule has 1 heteroatoms. The lowest BCUT2D eigenvalue weighted by molar-refractivity contribution is 0.150. The summed E-state index contributed by atoms with van der Waals surface area (Å²) in [6.45, 7) is 3.97. The lowest BCUT2D eigenvalue weighted by Crippen LogP contribution is -2.04. The highest BCUT2D eigenvalue weighted by Crippen LogP contribution is 2.07. The van der Waals surface area contributed by atoms with E-state index in [-0.39, 0.29) is 6.10 Å². The van der Waals surface area contributed by atoms with Crippen LogP contribution >= 0.6 is 0 Å². The van der Waals surface area contributed by atoms with Gasteiger partial charge in [0.1, 0.15) is 0 Å². The van der Waals surface area contributed by atoms with Gasteiger partial charge in [-0.3, -0.25) is 0 Å². The first-order valence-corrected chi connectivity index (χ1v) is 4.89. The topological polar surface area (TPSA) is 20.2 Å². The van der Waals surface area contributed by atoms with Crippen molar-refractivity contribution in [1.82, 2.24) is 0 Å². The maximum Gasteiger partial charge on any atom is 0.0540 e. The van der Waals surface area contributed by atoms with Crippen molar-refractivity contribution in [2.75, 3.05) is 0 Å². The zero-order chi connectivity index (χ0) is 9.23. The molecule has 1 nitrogen and oxygen atoms in total. The van der Waals surface area contributed by atoms with Gasteiger partial charge in [0.25, 0.3) is 0 Å². The van der Waals surface area contributed by atoms with Crippen molar-refractivity contribution in [2.24, 2.45) is 0 Å². The SMILES string of the molecule is CC#CCCCCC(O)CCC. The average molecular weight is 168 g/mol. The monoisotopic (exact) mass is 168 g/mol. The highest BCUT2D eigenvalue weighted by molar-refractivity contribution is 4.94. The molecule has 0 aromatic rings. The van der Waals surface area contributed by atoms with E-state index in [0.29, 0.717) is 0 Å². The Bertz CT molecular complexity index is 141. The molecular weight excluding hydrogens is 148 g/mol. The van der Waals surface area contributed by atoms with Crippen molar-refractivity contribution in [1.29, 1.82) is 0 Å². The van der Waals surface area contributed by atoms with Gasteiger partial charge >= 0.3 is 0 Å². The summed E-state index contributed by atoms with van der Waals surface area (Å²) in [7, 11) is 0. The summed E-state index contributed by atoms with van der Waals surface area (Å²) in [5.74, 6) is 5.89. The molecule has 1 atom stereocenters. The van der Waals surface area contributed by atoms with E-state index in [4.69, 9.17) is 0 Å². The number of rotatable bonds is 6. The van der Waals surface area contributed by atoms with Crippen LogP contribution in [-0.4, -0.2) is 11.2 Å². The molecule has 0 aliphatic carbocycles. The molecular formula is C11H20O. The minimum Gasteiger partial charge on any atom is -0.393 e. The van der Waals surface area contributed by atoms with Gasteiger partial charge in [-0.05, 0) is 32.6 Å². The van der Waals surface area contributed by atoms with Crippen molar-refractivity contribution in [3.63, 3.8) is 0 Å². The molecule has 0 aliphatic rings. The number of aliphatic hydroxyl groups excluding tert-OH is 1. The summed E-state index contributed by atoms with van der Waals surface area (Å²) in [5, 5.41) is 9.37. The minimum absolute atomic E-state index is 0.0791. The second-order valence-electron chi connectivity index (χ2n) is 3.12. The molecule has 0 radical (unpaired) electrons. The van der Waals surface area contributed by atoms with Crippen molar-refractivity contribution in [3.05, 3.63) is 0 Å². The Hall–Kier alpha value is -0.480. The van der Waals surface area contributed by atoms with E-state index >= 15 is 0 Å². The van der Waals surface area contributed by atoms with Gasteiger partial charge < -0.3 is 5.11 Å². The number of hydrogen-bond donors (Lipinski definition) is 1. The second-order valence-corrected chi connectivity index (χ2v) is 3.12. The Morgan fingerprint density at radius 1 is 1.25 bits per heavy atom. The zero-order valence-electron chi connectivity index (χ0n) is 8.27. The average Bonchev–Trinajstić information content (AvgIpc) is 2.05. The minimum atomic E-state index is -0.0791. The van der Waals surface area contributed by atoms with E-state index in [1.165, 1.54) is 0 Å². The molecule has 0 saturated carbocycles. The summed E-state index contributed by atoms with van der Waals surface area (Å²) in [6.07, 6.45) is 6.10. The molecule has 0 spiro atoms. The molecule has 0 bridgehead atoms. The van der Waals surface area contributed by atoms with Gasteiger partial charge in [-0.2, -0.15) is 0 Å². The molecule has 0 fully saturated rings. The van der Waals surface area contributed by atoms with Gasteiger partial charge in [0, 0.05) is 6.42 Å². The Kier molecular flexibility index (Phi) is 8.27. The third-order valence-electron chi connectivity index (χ3n) is 1.89. The summed E-state index contributed by atoms with van der Waals surface area (Å²) >= 11 is 0. The van der Waals surface area contributed by atoms with Crippen molar-refractivity contribution >= 4 is 0 Å². The summed E-state index contributed by atoms with van der Waals surface area (Å²) < 4.78 is 0. The largest absolute Gasteiger partial charge is 0.393 e. The predicted octanol–water partition coefficient (Wildman–Crippen LogP) is 2.73. The molecule has 0 saturated heterocycles. The van der Waals surface area contributed by atoms with E-state index in [9.17, 15) is 5.11 Å². The van der Waals surface area contributed by atoms with E-state index < -0.39 is 0 Å². The van der Waals surface area contributed by atoms with Crippen LogP contribution in [0.4, 0.5) is 0 Å². The first-order valence-electron chi connectivity index (χ1n) is 4.89. The van der Waals surface area contributed by atoms with Crippen molar-refractivity contribution < 1.29 is 5.11 Å². The fourth-order valence-electron chi connectivity index (χ4n) is 1.20. The third-order valence-corrected chi connectivity index (χ3v) is 1.89. The standard InChI is InChI=1S/C11H20O/c1-3-5-6-7-8-10-11(12)9-4-2/h11-12H,4,6-10H2,1-2H3. The highest BCUT2D eigenvalue weighted by atomic mass is 16.3. The maximum atomic E-state index is 9.37. The van der Waals surface area contributed by atoms with Crippen LogP contribution in [0.25, 0.3) is 0 Å². The molecule has 70 valence electrons. The van der Waals surface area contributed by atoms with Gasteiger partial charge in [0.05, 0.1) is 6.10 Å². The van der Waals surface area contributed by atoms with Crippen LogP contribution in [0.3, 0.4) is 0 Å². The first-order chi connectivity index (χ1) is 5.81. The van der Waals surface area contributed by atoms with E-state index in [0.717, 1.165) is 38.5 Å². The number of aliphatic hydroxyl groups is 1. The van der Waals surface area contributed by atoms with E-state index in [1.807, 2.05) is 6.92 Å². The Labute approximate surface area is 76.2 Å². The molecule has 0 rings (SSSR count). The maximum absolute atomic E-state index is 9.37. The number of hydrogen-bond acceptors (Lipinski definition) is 1. The predicted molar refractivity (Wildman–Crippen MR) is 52.8 cm³/mol. The molecule has 0 heterocycles. The van der Waals surface area contributed by atoms with Crippen molar-refractivity contribution in [3.8, 4) is 11.8 Å². The molecule has 1 unspecified atom stereocenters. The van der Waals surface area contributed by atoms with Crippen LogP contribution in [-0.2, 0) is 0 Å². The quantitative estimate of drug-likeness (QED) is 0.477. The van der Waals surface area contributed by atoms with E-state index in [2.05, 4.69) is 18.8 Å². The van der Waals surface area contributed by atoms with Gasteiger partial charge in [-0.25, -0.2) is 0 Å². The second kappa shape index (κ2) is 8.62. The zero-order valence-corrected chi connectivity index (χ0v) is 8.27. The molecule has 0 aromatic heterocycles. The van der Waals surface area contributed by atoms with Crippen LogP contribution in [0.2, 0.25) is 0 Å². The third kappa shape index (κ3) is 7.63. The van der Waals surface area contributed by atoms with Gasteiger partial charge in [-0.1, -0.05) is 13.3 Å². The van der Waals surface area contributed by atoms with Gasteiger partial charge in [0.2, 0.25) is 0 Å². The smallest absolute Gasteiger partial charge is 0.0540 e. The van der Waals surface area contributed by atoms with Crippen molar-refractivity contribution in [2.45, 2.75) is 58.5 Å². The summed E-state index contributed by atoms with van der Waals surface area (Å²) in [6, 6.07) is 0. The first kappa shape index (κ1) is 11.5. The molecule has 12 heavy (non-hydrogen) atoms. The molecule has 0 aromatic carbocycles. The molecule has 1 N–H and O–H groups in total. The number of unbranched alkanes of at least 4 members (excludes halogenated alkanes) is 2. The highest BCUT2D eigenvalue weighted by Gasteiger charge is 2.00. The van der Waals surface area contributed by atoms with Crippen LogP contribution in [0.15, 0.2) is 0 Å². The van der Waals surface area contributed by atoms with Crippen LogP contribution in [0, 0.1) is 11.8 Å².